The number of nitrogens with one attached hydrogen (secondary N) is 1. The number of piperidine rings is 1. The second kappa shape index (κ2) is 4.28. The molecule has 0 aliphatic carbocycles. The fraction of sp³-hybridized carbons (Fsp3) is 0.636. The molecule has 0 spiro atoms. The van der Waals surface area contributed by atoms with E-state index >= 15 is 0 Å². The standard InChI is InChI=1S/C11H16BrNO2/c1-11(7-14)6-8(4-5-13-11)9-2-3-10(12)15-9/h2-3,8,13-14H,4-7H2,1H3. The molecule has 1 aromatic rings. The van der Waals surface area contributed by atoms with Crippen molar-refractivity contribution < 1.29 is 9.52 Å². The normalized spacial score (nSPS) is 31.8. The lowest BCUT2D eigenvalue weighted by Gasteiger charge is -2.37. The van der Waals surface area contributed by atoms with Crippen molar-refractivity contribution >= 4 is 15.9 Å². The maximum absolute atomic E-state index is 9.32. The monoisotopic (exact) mass is 273 g/mol. The predicted molar refractivity (Wildman–Crippen MR) is 61.9 cm³/mol. The summed E-state index contributed by atoms with van der Waals surface area (Å²) in [5.74, 6) is 1.43. The fourth-order valence-corrected chi connectivity index (χ4v) is 2.50. The molecular weight excluding hydrogens is 258 g/mol. The summed E-state index contributed by atoms with van der Waals surface area (Å²) in [6.07, 6.45) is 1.99. The van der Waals surface area contributed by atoms with Crippen LogP contribution in [0.3, 0.4) is 0 Å². The van der Waals surface area contributed by atoms with Gasteiger partial charge in [0.25, 0.3) is 0 Å². The van der Waals surface area contributed by atoms with Crippen LogP contribution in [0.4, 0.5) is 0 Å². The van der Waals surface area contributed by atoms with Gasteiger partial charge in [0.05, 0.1) is 6.61 Å². The molecule has 0 bridgehead atoms. The van der Waals surface area contributed by atoms with E-state index in [4.69, 9.17) is 4.42 Å². The third-order valence-corrected chi connectivity index (χ3v) is 3.51. The Balaban J connectivity index is 2.11. The molecule has 1 aromatic heterocycles. The van der Waals surface area contributed by atoms with E-state index in [9.17, 15) is 5.11 Å². The number of hydrogen-bond donors (Lipinski definition) is 2. The van der Waals surface area contributed by atoms with Gasteiger partial charge in [0, 0.05) is 11.5 Å². The number of rotatable bonds is 2. The maximum atomic E-state index is 9.32. The lowest BCUT2D eigenvalue weighted by molar-refractivity contribution is 0.132. The zero-order valence-corrected chi connectivity index (χ0v) is 10.4. The van der Waals surface area contributed by atoms with Crippen molar-refractivity contribution in [1.29, 1.82) is 0 Å². The van der Waals surface area contributed by atoms with E-state index in [2.05, 4.69) is 28.2 Å². The number of aliphatic hydroxyl groups is 1. The van der Waals surface area contributed by atoms with Crippen LogP contribution in [-0.4, -0.2) is 23.8 Å². The molecule has 2 unspecified atom stereocenters. The summed E-state index contributed by atoms with van der Waals surface area (Å²) in [4.78, 5) is 0. The second-order valence-corrected chi connectivity index (χ2v) is 5.26. The van der Waals surface area contributed by atoms with E-state index in [1.165, 1.54) is 0 Å². The lowest BCUT2D eigenvalue weighted by atomic mass is 9.82. The van der Waals surface area contributed by atoms with Gasteiger partial charge in [-0.3, -0.25) is 0 Å². The molecule has 1 aliphatic heterocycles. The average Bonchev–Trinajstić information content (AvgIpc) is 2.65. The summed E-state index contributed by atoms with van der Waals surface area (Å²) >= 11 is 3.31. The van der Waals surface area contributed by atoms with Crippen LogP contribution in [0.1, 0.15) is 31.4 Å². The van der Waals surface area contributed by atoms with Crippen LogP contribution in [0.15, 0.2) is 21.2 Å². The van der Waals surface area contributed by atoms with Crippen molar-refractivity contribution in [2.75, 3.05) is 13.2 Å². The largest absolute Gasteiger partial charge is 0.454 e. The Morgan fingerprint density at radius 3 is 3.07 bits per heavy atom. The van der Waals surface area contributed by atoms with Gasteiger partial charge >= 0.3 is 0 Å². The molecule has 2 atom stereocenters. The van der Waals surface area contributed by atoms with Crippen molar-refractivity contribution in [1.82, 2.24) is 5.32 Å². The molecule has 0 amide bonds. The third kappa shape index (κ3) is 2.44. The van der Waals surface area contributed by atoms with Crippen LogP contribution >= 0.6 is 15.9 Å². The molecule has 0 aromatic carbocycles. The molecule has 2 rings (SSSR count). The van der Waals surface area contributed by atoms with E-state index in [1.807, 2.05) is 12.1 Å². The van der Waals surface area contributed by atoms with Gasteiger partial charge in [-0.1, -0.05) is 0 Å². The van der Waals surface area contributed by atoms with E-state index in [-0.39, 0.29) is 12.1 Å². The summed E-state index contributed by atoms with van der Waals surface area (Å²) in [5, 5.41) is 12.7. The Kier molecular flexibility index (Phi) is 3.19. The third-order valence-electron chi connectivity index (χ3n) is 3.09. The molecule has 1 aliphatic rings. The molecule has 2 heterocycles. The van der Waals surface area contributed by atoms with Crippen molar-refractivity contribution in [3.05, 3.63) is 22.6 Å². The molecule has 2 N–H and O–H groups in total. The molecule has 15 heavy (non-hydrogen) atoms. The predicted octanol–water partition coefficient (Wildman–Crippen LogP) is 2.26. The zero-order valence-electron chi connectivity index (χ0n) is 8.79. The number of hydrogen-bond acceptors (Lipinski definition) is 3. The van der Waals surface area contributed by atoms with Crippen molar-refractivity contribution in [2.24, 2.45) is 0 Å². The Morgan fingerprint density at radius 1 is 1.67 bits per heavy atom. The molecular formula is C11H16BrNO2. The van der Waals surface area contributed by atoms with Crippen LogP contribution in [0.25, 0.3) is 0 Å². The van der Waals surface area contributed by atoms with Crippen molar-refractivity contribution in [3.63, 3.8) is 0 Å². The molecule has 0 radical (unpaired) electrons. The summed E-state index contributed by atoms with van der Waals surface area (Å²) in [6, 6.07) is 3.94. The maximum Gasteiger partial charge on any atom is 0.169 e. The van der Waals surface area contributed by atoms with E-state index in [0.29, 0.717) is 5.92 Å². The van der Waals surface area contributed by atoms with Gasteiger partial charge in [-0.2, -0.15) is 0 Å². The molecule has 1 saturated heterocycles. The van der Waals surface area contributed by atoms with Gasteiger partial charge in [-0.15, -0.1) is 0 Å². The van der Waals surface area contributed by atoms with Gasteiger partial charge in [-0.05, 0) is 54.4 Å². The molecule has 84 valence electrons. The van der Waals surface area contributed by atoms with Crippen LogP contribution < -0.4 is 5.32 Å². The molecule has 3 nitrogen and oxygen atoms in total. The van der Waals surface area contributed by atoms with Crippen LogP contribution in [0.2, 0.25) is 0 Å². The zero-order chi connectivity index (χ0) is 10.9. The first-order valence-corrected chi connectivity index (χ1v) is 6.03. The highest BCUT2D eigenvalue weighted by molar-refractivity contribution is 9.10. The smallest absolute Gasteiger partial charge is 0.169 e. The Hall–Kier alpha value is -0.320. The first kappa shape index (κ1) is 11.2. The van der Waals surface area contributed by atoms with E-state index in [0.717, 1.165) is 29.8 Å². The Morgan fingerprint density at radius 2 is 2.47 bits per heavy atom. The topological polar surface area (TPSA) is 45.4 Å². The molecule has 1 fully saturated rings. The summed E-state index contributed by atoms with van der Waals surface area (Å²) < 4.78 is 6.35. The minimum atomic E-state index is -0.165. The highest BCUT2D eigenvalue weighted by Crippen LogP contribution is 2.34. The minimum absolute atomic E-state index is 0.165. The quantitative estimate of drug-likeness (QED) is 0.869. The Bertz CT molecular complexity index is 339. The molecule has 4 heteroatoms. The van der Waals surface area contributed by atoms with E-state index in [1.54, 1.807) is 0 Å². The number of aliphatic hydroxyl groups excluding tert-OH is 1. The van der Waals surface area contributed by atoms with Gasteiger partial charge in [-0.25, -0.2) is 0 Å². The number of halogens is 1. The van der Waals surface area contributed by atoms with Crippen LogP contribution in [0.5, 0.6) is 0 Å². The second-order valence-electron chi connectivity index (χ2n) is 4.48. The lowest BCUT2D eigenvalue weighted by Crippen LogP contribution is -2.50. The SMILES string of the molecule is CC1(CO)CC(c2ccc(Br)o2)CCN1. The first-order chi connectivity index (χ1) is 7.13. The van der Waals surface area contributed by atoms with Crippen LogP contribution in [0, 0.1) is 0 Å². The van der Waals surface area contributed by atoms with Crippen LogP contribution in [-0.2, 0) is 0 Å². The summed E-state index contributed by atoms with van der Waals surface area (Å²) in [5.41, 5.74) is -0.165. The summed E-state index contributed by atoms with van der Waals surface area (Å²) in [6.45, 7) is 3.16. The van der Waals surface area contributed by atoms with Gasteiger partial charge in [0.15, 0.2) is 4.67 Å². The van der Waals surface area contributed by atoms with Crippen molar-refractivity contribution in [2.45, 2.75) is 31.2 Å². The van der Waals surface area contributed by atoms with Gasteiger partial charge < -0.3 is 14.8 Å². The Labute approximate surface area is 98.0 Å². The van der Waals surface area contributed by atoms with Gasteiger partial charge in [0.2, 0.25) is 0 Å². The average molecular weight is 274 g/mol. The van der Waals surface area contributed by atoms with Gasteiger partial charge in [0.1, 0.15) is 5.76 Å². The fourth-order valence-electron chi connectivity index (χ4n) is 2.18. The molecule has 0 saturated carbocycles. The van der Waals surface area contributed by atoms with Crippen molar-refractivity contribution in [3.8, 4) is 0 Å². The number of furan rings is 1. The minimum Gasteiger partial charge on any atom is -0.454 e. The van der Waals surface area contributed by atoms with E-state index < -0.39 is 0 Å². The highest BCUT2D eigenvalue weighted by Gasteiger charge is 2.33. The summed E-state index contributed by atoms with van der Waals surface area (Å²) in [7, 11) is 0. The first-order valence-electron chi connectivity index (χ1n) is 5.24. The highest BCUT2D eigenvalue weighted by atomic mass is 79.9.